The number of aryl methyl sites for hydroxylation is 1. The number of thioether (sulfide) groups is 1. The number of anilines is 1. The van der Waals surface area contributed by atoms with E-state index >= 15 is 0 Å². The van der Waals surface area contributed by atoms with Crippen LogP contribution >= 0.6 is 11.8 Å². The molecule has 1 aliphatic heterocycles. The average Bonchev–Trinajstić information content (AvgIpc) is 2.24. The summed E-state index contributed by atoms with van der Waals surface area (Å²) in [7, 11) is 0. The Morgan fingerprint density at radius 3 is 3.00 bits per heavy atom. The van der Waals surface area contributed by atoms with Crippen LogP contribution < -0.4 is 5.73 Å². The van der Waals surface area contributed by atoms with Crippen LogP contribution in [0.1, 0.15) is 18.4 Å². The zero-order valence-corrected chi connectivity index (χ0v) is 9.85. The fourth-order valence-corrected chi connectivity index (χ4v) is 2.91. The summed E-state index contributed by atoms with van der Waals surface area (Å²) in [5.74, 6) is 0. The van der Waals surface area contributed by atoms with Gasteiger partial charge in [-0.1, -0.05) is 6.07 Å². The Bertz CT molecular complexity index is 334. The lowest BCUT2D eigenvalue weighted by Crippen LogP contribution is -2.19. The summed E-state index contributed by atoms with van der Waals surface area (Å²) in [5.41, 5.74) is 8.09. The van der Waals surface area contributed by atoms with Gasteiger partial charge in [-0.3, -0.25) is 0 Å². The highest BCUT2D eigenvalue weighted by Crippen LogP contribution is 2.32. The maximum Gasteiger partial charge on any atom is 0.0588 e. The Labute approximate surface area is 95.2 Å². The topological polar surface area (TPSA) is 35.2 Å². The summed E-state index contributed by atoms with van der Waals surface area (Å²) in [6.07, 6.45) is 2.40. The Balaban J connectivity index is 2.03. The molecule has 0 saturated carbocycles. The van der Waals surface area contributed by atoms with Gasteiger partial charge in [-0.2, -0.15) is 0 Å². The minimum absolute atomic E-state index is 0.573. The molecule has 1 saturated heterocycles. The summed E-state index contributed by atoms with van der Waals surface area (Å²) < 4.78 is 5.46. The first-order valence-electron chi connectivity index (χ1n) is 5.36. The van der Waals surface area contributed by atoms with Gasteiger partial charge < -0.3 is 10.5 Å². The summed E-state index contributed by atoms with van der Waals surface area (Å²) in [5, 5.41) is 0.573. The van der Waals surface area contributed by atoms with E-state index in [1.54, 1.807) is 0 Å². The molecule has 0 amide bonds. The molecule has 15 heavy (non-hydrogen) atoms. The molecule has 0 spiro atoms. The van der Waals surface area contributed by atoms with E-state index in [1.165, 1.54) is 23.3 Å². The Kier molecular flexibility index (Phi) is 3.54. The molecule has 1 aliphatic rings. The van der Waals surface area contributed by atoms with E-state index in [0.717, 1.165) is 18.9 Å². The van der Waals surface area contributed by atoms with Crippen molar-refractivity contribution >= 4 is 17.4 Å². The second-order valence-corrected chi connectivity index (χ2v) is 5.34. The zero-order valence-electron chi connectivity index (χ0n) is 9.03. The number of benzene rings is 1. The standard InChI is InChI=1S/C12H17NOS/c1-9-4-5-12(11(13)7-9)15-10-3-2-6-14-8-10/h4-5,7,10H,2-3,6,8,13H2,1H3. The molecule has 0 bridgehead atoms. The van der Waals surface area contributed by atoms with Crippen LogP contribution in [0, 0.1) is 6.92 Å². The SMILES string of the molecule is Cc1ccc(SC2CCCOC2)c(N)c1. The number of hydrogen-bond acceptors (Lipinski definition) is 3. The second kappa shape index (κ2) is 4.90. The third-order valence-corrected chi connectivity index (χ3v) is 3.91. The van der Waals surface area contributed by atoms with Crippen LogP contribution in [0.4, 0.5) is 5.69 Å². The van der Waals surface area contributed by atoms with E-state index in [2.05, 4.69) is 19.1 Å². The lowest BCUT2D eigenvalue weighted by atomic mass is 10.2. The molecule has 1 heterocycles. The van der Waals surface area contributed by atoms with Crippen molar-refractivity contribution in [2.75, 3.05) is 18.9 Å². The molecule has 0 aromatic heterocycles. The van der Waals surface area contributed by atoms with Crippen molar-refractivity contribution < 1.29 is 4.74 Å². The number of nitrogen functional groups attached to an aromatic ring is 1. The van der Waals surface area contributed by atoms with Crippen molar-refractivity contribution in [2.45, 2.75) is 29.9 Å². The van der Waals surface area contributed by atoms with Crippen LogP contribution in [-0.2, 0) is 4.74 Å². The second-order valence-electron chi connectivity index (χ2n) is 4.00. The van der Waals surface area contributed by atoms with Crippen molar-refractivity contribution in [1.29, 1.82) is 0 Å². The molecule has 3 heteroatoms. The molecule has 1 aromatic rings. The van der Waals surface area contributed by atoms with Gasteiger partial charge in [0.25, 0.3) is 0 Å². The molecule has 0 radical (unpaired) electrons. The van der Waals surface area contributed by atoms with E-state index in [9.17, 15) is 0 Å². The fraction of sp³-hybridized carbons (Fsp3) is 0.500. The summed E-state index contributed by atoms with van der Waals surface area (Å²) >= 11 is 1.85. The molecular formula is C12H17NOS. The largest absolute Gasteiger partial charge is 0.398 e. The predicted octanol–water partition coefficient (Wildman–Crippen LogP) is 2.85. The number of nitrogens with two attached hydrogens (primary N) is 1. The highest BCUT2D eigenvalue weighted by molar-refractivity contribution is 8.00. The Morgan fingerprint density at radius 1 is 1.47 bits per heavy atom. The molecule has 1 unspecified atom stereocenters. The van der Waals surface area contributed by atoms with Gasteiger partial charge >= 0.3 is 0 Å². The molecule has 82 valence electrons. The highest BCUT2D eigenvalue weighted by atomic mass is 32.2. The maximum absolute atomic E-state index is 5.98. The van der Waals surface area contributed by atoms with Crippen LogP contribution in [0.2, 0.25) is 0 Å². The van der Waals surface area contributed by atoms with Crippen LogP contribution in [0.25, 0.3) is 0 Å². The van der Waals surface area contributed by atoms with Gasteiger partial charge in [-0.05, 0) is 37.5 Å². The molecule has 1 aromatic carbocycles. The Hall–Kier alpha value is -0.670. The monoisotopic (exact) mass is 223 g/mol. The number of ether oxygens (including phenoxy) is 1. The molecule has 0 aliphatic carbocycles. The first kappa shape index (κ1) is 10.8. The molecule has 2 N–H and O–H groups in total. The van der Waals surface area contributed by atoms with E-state index in [1.807, 2.05) is 17.8 Å². The quantitative estimate of drug-likeness (QED) is 0.783. The maximum atomic E-state index is 5.98. The number of hydrogen-bond donors (Lipinski definition) is 1. The first-order chi connectivity index (χ1) is 7.25. The highest BCUT2D eigenvalue weighted by Gasteiger charge is 2.16. The number of rotatable bonds is 2. The molecule has 2 rings (SSSR count). The van der Waals surface area contributed by atoms with Crippen LogP contribution in [0.15, 0.2) is 23.1 Å². The summed E-state index contributed by atoms with van der Waals surface area (Å²) in [6.45, 7) is 3.84. The lowest BCUT2D eigenvalue weighted by molar-refractivity contribution is 0.101. The van der Waals surface area contributed by atoms with E-state index in [0.29, 0.717) is 5.25 Å². The zero-order chi connectivity index (χ0) is 10.7. The minimum atomic E-state index is 0.573. The Morgan fingerprint density at radius 2 is 2.33 bits per heavy atom. The smallest absolute Gasteiger partial charge is 0.0588 e. The van der Waals surface area contributed by atoms with Gasteiger partial charge in [0.15, 0.2) is 0 Å². The first-order valence-corrected chi connectivity index (χ1v) is 6.24. The molecule has 2 nitrogen and oxygen atoms in total. The van der Waals surface area contributed by atoms with Gasteiger partial charge in [0.1, 0.15) is 0 Å². The summed E-state index contributed by atoms with van der Waals surface area (Å²) in [6, 6.07) is 6.26. The van der Waals surface area contributed by atoms with E-state index in [4.69, 9.17) is 10.5 Å². The minimum Gasteiger partial charge on any atom is -0.398 e. The van der Waals surface area contributed by atoms with Gasteiger partial charge in [0.2, 0.25) is 0 Å². The summed E-state index contributed by atoms with van der Waals surface area (Å²) in [4.78, 5) is 1.19. The third-order valence-electron chi connectivity index (χ3n) is 2.58. The van der Waals surface area contributed by atoms with Crippen LogP contribution in [0.5, 0.6) is 0 Å². The third kappa shape index (κ3) is 2.89. The van der Waals surface area contributed by atoms with Crippen molar-refractivity contribution in [3.63, 3.8) is 0 Å². The van der Waals surface area contributed by atoms with Crippen molar-refractivity contribution in [3.8, 4) is 0 Å². The van der Waals surface area contributed by atoms with E-state index in [-0.39, 0.29) is 0 Å². The normalized spacial score (nSPS) is 21.5. The van der Waals surface area contributed by atoms with Gasteiger partial charge in [0.05, 0.1) is 6.61 Å². The van der Waals surface area contributed by atoms with Crippen LogP contribution in [-0.4, -0.2) is 18.5 Å². The molecule has 1 atom stereocenters. The van der Waals surface area contributed by atoms with Crippen LogP contribution in [0.3, 0.4) is 0 Å². The fourth-order valence-electron chi connectivity index (χ4n) is 1.76. The van der Waals surface area contributed by atoms with Crippen molar-refractivity contribution in [2.24, 2.45) is 0 Å². The van der Waals surface area contributed by atoms with Crippen molar-refractivity contribution in [1.82, 2.24) is 0 Å². The molecule has 1 fully saturated rings. The average molecular weight is 223 g/mol. The van der Waals surface area contributed by atoms with Gasteiger partial charge in [-0.15, -0.1) is 11.8 Å². The lowest BCUT2D eigenvalue weighted by Gasteiger charge is -2.22. The van der Waals surface area contributed by atoms with Gasteiger partial charge in [-0.25, -0.2) is 0 Å². The predicted molar refractivity (Wildman–Crippen MR) is 65.3 cm³/mol. The van der Waals surface area contributed by atoms with Crippen molar-refractivity contribution in [3.05, 3.63) is 23.8 Å². The van der Waals surface area contributed by atoms with E-state index < -0.39 is 0 Å². The molecular weight excluding hydrogens is 206 g/mol. The van der Waals surface area contributed by atoms with Gasteiger partial charge in [0, 0.05) is 22.4 Å².